The maximum Gasteiger partial charge on any atom is 0.265 e. The number of nitrogens with one attached hydrogen (secondary N) is 1. The van der Waals surface area contributed by atoms with Crippen LogP contribution < -0.4 is 10.3 Å². The van der Waals surface area contributed by atoms with E-state index in [0.717, 1.165) is 17.7 Å². The fourth-order valence-electron chi connectivity index (χ4n) is 1.80. The molecule has 0 amide bonds. The molecule has 0 saturated heterocycles. The summed E-state index contributed by atoms with van der Waals surface area (Å²) in [4.78, 5) is 19.1. The van der Waals surface area contributed by atoms with E-state index >= 15 is 0 Å². The third-order valence-electron chi connectivity index (χ3n) is 2.81. The Morgan fingerprint density at radius 2 is 2.00 bits per heavy atom. The second-order valence-corrected chi connectivity index (χ2v) is 5.27. The molecule has 2 aromatic rings. The van der Waals surface area contributed by atoms with Gasteiger partial charge in [-0.1, -0.05) is 6.92 Å². The van der Waals surface area contributed by atoms with Gasteiger partial charge in [-0.2, -0.15) is 0 Å². The molecule has 0 bridgehead atoms. The van der Waals surface area contributed by atoms with E-state index in [9.17, 15) is 4.79 Å². The number of ether oxygens (including phenoxy) is 2. The van der Waals surface area contributed by atoms with Gasteiger partial charge in [0.05, 0.1) is 18.9 Å². The van der Waals surface area contributed by atoms with Crippen LogP contribution in [0.5, 0.6) is 5.75 Å². The normalized spacial score (nSPS) is 10.6. The van der Waals surface area contributed by atoms with Crippen LogP contribution >= 0.6 is 15.9 Å². The van der Waals surface area contributed by atoms with E-state index in [1.807, 2.05) is 24.3 Å². The molecular formula is C15H17BrN2O3. The molecule has 2 rings (SSSR count). The summed E-state index contributed by atoms with van der Waals surface area (Å²) >= 11 is 3.22. The smallest absolute Gasteiger partial charge is 0.265 e. The van der Waals surface area contributed by atoms with E-state index in [2.05, 4.69) is 32.8 Å². The van der Waals surface area contributed by atoms with Crippen LogP contribution in [-0.2, 0) is 11.3 Å². The zero-order valence-electron chi connectivity index (χ0n) is 12.0. The van der Waals surface area contributed by atoms with Gasteiger partial charge in [0, 0.05) is 12.7 Å². The van der Waals surface area contributed by atoms with E-state index in [0.29, 0.717) is 22.6 Å². The van der Waals surface area contributed by atoms with Gasteiger partial charge in [0.2, 0.25) is 0 Å². The molecule has 0 fully saturated rings. The lowest BCUT2D eigenvalue weighted by Gasteiger charge is -2.08. The average Bonchev–Trinajstić information content (AvgIpc) is 2.50. The molecule has 0 saturated carbocycles. The summed E-state index contributed by atoms with van der Waals surface area (Å²) in [6.07, 6.45) is 0.962. The highest BCUT2D eigenvalue weighted by molar-refractivity contribution is 9.10. The zero-order valence-corrected chi connectivity index (χ0v) is 13.6. The molecule has 0 spiro atoms. The highest BCUT2D eigenvalue weighted by atomic mass is 79.9. The maximum absolute atomic E-state index is 11.9. The monoisotopic (exact) mass is 352 g/mol. The van der Waals surface area contributed by atoms with Gasteiger partial charge in [-0.15, -0.1) is 0 Å². The summed E-state index contributed by atoms with van der Waals surface area (Å²) < 4.78 is 11.0. The molecule has 1 aromatic heterocycles. The Morgan fingerprint density at radius 3 is 2.62 bits per heavy atom. The number of aromatic amines is 1. The summed E-state index contributed by atoms with van der Waals surface area (Å²) in [6.45, 7) is 3.02. The van der Waals surface area contributed by atoms with Crippen molar-refractivity contribution in [1.29, 1.82) is 0 Å². The van der Waals surface area contributed by atoms with Crippen molar-refractivity contribution in [2.45, 2.75) is 20.0 Å². The number of methoxy groups -OCH3 is 1. The first-order valence-electron chi connectivity index (χ1n) is 6.66. The minimum absolute atomic E-state index is 0.224. The van der Waals surface area contributed by atoms with E-state index in [1.54, 1.807) is 7.11 Å². The molecule has 112 valence electrons. The van der Waals surface area contributed by atoms with Gasteiger partial charge < -0.3 is 14.5 Å². The second-order valence-electron chi connectivity index (χ2n) is 4.48. The second kappa shape index (κ2) is 7.38. The highest BCUT2D eigenvalue weighted by Crippen LogP contribution is 2.20. The predicted octanol–water partition coefficient (Wildman–Crippen LogP) is 3.13. The van der Waals surface area contributed by atoms with Crippen LogP contribution in [0.1, 0.15) is 19.0 Å². The van der Waals surface area contributed by atoms with Crippen LogP contribution in [-0.4, -0.2) is 23.7 Å². The molecule has 5 nitrogen and oxygen atoms in total. The lowest BCUT2D eigenvalue weighted by molar-refractivity contribution is 0.180. The van der Waals surface area contributed by atoms with Gasteiger partial charge >= 0.3 is 0 Å². The summed E-state index contributed by atoms with van der Waals surface area (Å²) in [5, 5.41) is 0. The third kappa shape index (κ3) is 3.92. The molecule has 1 N–H and O–H groups in total. The molecule has 1 aromatic carbocycles. The molecule has 0 aliphatic rings. The minimum Gasteiger partial charge on any atom is -0.494 e. The first-order chi connectivity index (χ1) is 10.2. The molecule has 21 heavy (non-hydrogen) atoms. The molecule has 0 radical (unpaired) electrons. The average molecular weight is 353 g/mol. The summed E-state index contributed by atoms with van der Waals surface area (Å²) in [5.41, 5.74) is 1.17. The molecule has 0 unspecified atom stereocenters. The predicted molar refractivity (Wildman–Crippen MR) is 84.5 cm³/mol. The van der Waals surface area contributed by atoms with E-state index in [-0.39, 0.29) is 12.2 Å². The van der Waals surface area contributed by atoms with Gasteiger partial charge in [0.25, 0.3) is 5.56 Å². The molecule has 0 aliphatic carbocycles. The van der Waals surface area contributed by atoms with Crippen LogP contribution in [0, 0.1) is 0 Å². The molecule has 0 aliphatic heterocycles. The van der Waals surface area contributed by atoms with Gasteiger partial charge in [-0.05, 0) is 46.6 Å². The van der Waals surface area contributed by atoms with Crippen LogP contribution in [0.2, 0.25) is 0 Å². The molecule has 0 atom stereocenters. The third-order valence-corrected chi connectivity index (χ3v) is 3.63. The van der Waals surface area contributed by atoms with E-state index < -0.39 is 0 Å². The first-order valence-corrected chi connectivity index (χ1v) is 7.46. The van der Waals surface area contributed by atoms with Crippen LogP contribution in [0.3, 0.4) is 0 Å². The van der Waals surface area contributed by atoms with Crippen molar-refractivity contribution in [3.8, 4) is 17.1 Å². The van der Waals surface area contributed by atoms with Crippen molar-refractivity contribution < 1.29 is 9.47 Å². The van der Waals surface area contributed by atoms with E-state index in [1.165, 1.54) is 0 Å². The largest absolute Gasteiger partial charge is 0.494 e. The number of benzene rings is 1. The van der Waals surface area contributed by atoms with Crippen molar-refractivity contribution in [2.24, 2.45) is 0 Å². The highest BCUT2D eigenvalue weighted by Gasteiger charge is 2.10. The minimum atomic E-state index is -0.224. The lowest BCUT2D eigenvalue weighted by atomic mass is 10.2. The maximum atomic E-state index is 11.9. The topological polar surface area (TPSA) is 64.2 Å². The number of nitrogens with zero attached hydrogens (tertiary/aromatic N) is 1. The standard InChI is InChI=1S/C15H17BrN2O3/c1-3-8-21-11-6-4-10(5-7-11)14-17-12(9-20-2)13(16)15(19)18-14/h4-7H,3,8-9H2,1-2H3,(H,17,18,19). The number of aromatic nitrogens is 2. The lowest BCUT2D eigenvalue weighted by Crippen LogP contribution is -2.14. The van der Waals surface area contributed by atoms with Crippen molar-refractivity contribution >= 4 is 15.9 Å². The van der Waals surface area contributed by atoms with Gasteiger partial charge in [-0.3, -0.25) is 4.79 Å². The van der Waals surface area contributed by atoms with Gasteiger partial charge in [0.1, 0.15) is 16.0 Å². The summed E-state index contributed by atoms with van der Waals surface area (Å²) in [6, 6.07) is 7.47. The first kappa shape index (κ1) is 15.7. The number of rotatable bonds is 6. The van der Waals surface area contributed by atoms with Crippen LogP contribution in [0.4, 0.5) is 0 Å². The van der Waals surface area contributed by atoms with Crippen molar-refractivity contribution in [3.63, 3.8) is 0 Å². The quantitative estimate of drug-likeness (QED) is 0.867. The Bertz CT molecular complexity index is 653. The van der Waals surface area contributed by atoms with Gasteiger partial charge in [-0.25, -0.2) is 4.98 Å². The Kier molecular flexibility index (Phi) is 5.52. The number of hydrogen-bond donors (Lipinski definition) is 1. The zero-order chi connectivity index (χ0) is 15.2. The van der Waals surface area contributed by atoms with Crippen LogP contribution in [0.15, 0.2) is 33.5 Å². The van der Waals surface area contributed by atoms with Crippen LogP contribution in [0.25, 0.3) is 11.4 Å². The number of halogens is 1. The fourth-order valence-corrected chi connectivity index (χ4v) is 2.11. The van der Waals surface area contributed by atoms with Gasteiger partial charge in [0.15, 0.2) is 0 Å². The Hall–Kier alpha value is -1.66. The fraction of sp³-hybridized carbons (Fsp3) is 0.333. The number of hydrogen-bond acceptors (Lipinski definition) is 4. The van der Waals surface area contributed by atoms with Crippen molar-refractivity contribution in [3.05, 3.63) is 44.8 Å². The Balaban J connectivity index is 2.31. The molecule has 1 heterocycles. The molecule has 6 heteroatoms. The number of H-pyrrole nitrogens is 1. The van der Waals surface area contributed by atoms with Crippen molar-refractivity contribution in [1.82, 2.24) is 9.97 Å². The molecular weight excluding hydrogens is 336 g/mol. The Labute approximate surface area is 131 Å². The SMILES string of the molecule is CCCOc1ccc(-c2nc(COC)c(Br)c(=O)[nH]2)cc1. The Morgan fingerprint density at radius 1 is 1.29 bits per heavy atom. The summed E-state index contributed by atoms with van der Waals surface area (Å²) in [5.74, 6) is 1.31. The van der Waals surface area contributed by atoms with E-state index in [4.69, 9.17) is 9.47 Å². The summed E-state index contributed by atoms with van der Waals surface area (Å²) in [7, 11) is 1.56. The van der Waals surface area contributed by atoms with Crippen molar-refractivity contribution in [2.75, 3.05) is 13.7 Å².